The molecule has 1 aromatic heterocycles. The minimum atomic E-state index is -0.247. The summed E-state index contributed by atoms with van der Waals surface area (Å²) in [6, 6.07) is 9.02. The second-order valence-corrected chi connectivity index (χ2v) is 5.96. The quantitative estimate of drug-likeness (QED) is 0.536. The summed E-state index contributed by atoms with van der Waals surface area (Å²) < 4.78 is 14.2. The summed E-state index contributed by atoms with van der Waals surface area (Å²) in [6.45, 7) is 5.47. The van der Waals surface area contributed by atoms with Crippen molar-refractivity contribution in [1.82, 2.24) is 4.98 Å². The Morgan fingerprint density at radius 1 is 1.29 bits per heavy atom. The third-order valence-electron chi connectivity index (χ3n) is 3.79. The summed E-state index contributed by atoms with van der Waals surface area (Å²) in [4.78, 5) is 4.37. The third kappa shape index (κ3) is 5.43. The van der Waals surface area contributed by atoms with E-state index in [0.29, 0.717) is 12.0 Å². The van der Waals surface area contributed by atoms with E-state index in [-0.39, 0.29) is 11.9 Å². The molecule has 3 heteroatoms. The molecule has 0 aliphatic heterocycles. The summed E-state index contributed by atoms with van der Waals surface area (Å²) in [5.74, 6) is -0.238. The van der Waals surface area contributed by atoms with E-state index >= 15 is 0 Å². The molecule has 126 valence electrons. The van der Waals surface area contributed by atoms with Crippen LogP contribution >= 0.6 is 0 Å². The molecule has 1 heterocycles. The van der Waals surface area contributed by atoms with Crippen molar-refractivity contribution >= 4 is 6.08 Å². The average Bonchev–Trinajstić information content (AvgIpc) is 2.55. The molecule has 1 N–H and O–H groups in total. The number of nitrogens with zero attached hydrogens (tertiary/aromatic N) is 1. The maximum absolute atomic E-state index is 14.2. The topological polar surface area (TPSA) is 33.1 Å². The highest BCUT2D eigenvalue weighted by molar-refractivity contribution is 5.64. The van der Waals surface area contributed by atoms with Gasteiger partial charge in [-0.05, 0) is 56.4 Å². The van der Waals surface area contributed by atoms with E-state index in [1.54, 1.807) is 31.3 Å². The number of rotatable bonds is 8. The zero-order valence-electron chi connectivity index (χ0n) is 14.1. The van der Waals surface area contributed by atoms with Gasteiger partial charge in [0.25, 0.3) is 0 Å². The van der Waals surface area contributed by atoms with Gasteiger partial charge in [0.1, 0.15) is 5.82 Å². The standard InChI is InChI=1S/C21H24FNO/c1-3-7-17-10-13-20(21(22)14-17)18-11-12-19(23-15-18)9-6-4-5-8-16(2)24/h3,6,9-16,24H,1,4-5,7-8H2,2H3/b9-6+. The Kier molecular flexibility index (Phi) is 6.89. The lowest BCUT2D eigenvalue weighted by atomic mass is 10.0. The van der Waals surface area contributed by atoms with Crippen LogP contribution in [-0.2, 0) is 6.42 Å². The number of aromatic nitrogens is 1. The molecule has 1 unspecified atom stereocenters. The molecule has 1 atom stereocenters. The van der Waals surface area contributed by atoms with E-state index in [0.717, 1.165) is 36.1 Å². The molecule has 2 rings (SSSR count). The highest BCUT2D eigenvalue weighted by atomic mass is 19.1. The monoisotopic (exact) mass is 325 g/mol. The van der Waals surface area contributed by atoms with Gasteiger partial charge < -0.3 is 5.11 Å². The maximum atomic E-state index is 14.2. The van der Waals surface area contributed by atoms with Gasteiger partial charge in [0, 0.05) is 17.3 Å². The van der Waals surface area contributed by atoms with Crippen LogP contribution in [0.15, 0.2) is 55.3 Å². The lowest BCUT2D eigenvalue weighted by Crippen LogP contribution is -1.97. The van der Waals surface area contributed by atoms with Crippen LogP contribution in [0.5, 0.6) is 0 Å². The van der Waals surface area contributed by atoms with Gasteiger partial charge in [-0.15, -0.1) is 6.58 Å². The molecule has 0 spiro atoms. The number of aliphatic hydroxyl groups is 1. The molecule has 0 aliphatic rings. The van der Waals surface area contributed by atoms with Crippen molar-refractivity contribution in [2.75, 3.05) is 0 Å². The Bertz CT molecular complexity index is 689. The minimum Gasteiger partial charge on any atom is -0.393 e. The van der Waals surface area contributed by atoms with Crippen molar-refractivity contribution in [3.05, 3.63) is 72.3 Å². The Labute approximate surface area is 143 Å². The molecular weight excluding hydrogens is 301 g/mol. The molecule has 0 bridgehead atoms. The highest BCUT2D eigenvalue weighted by Gasteiger charge is 2.06. The minimum absolute atomic E-state index is 0.238. The first-order valence-corrected chi connectivity index (χ1v) is 8.30. The third-order valence-corrected chi connectivity index (χ3v) is 3.79. The Morgan fingerprint density at radius 3 is 2.75 bits per heavy atom. The first kappa shape index (κ1) is 18.1. The van der Waals surface area contributed by atoms with Crippen molar-refractivity contribution < 1.29 is 9.50 Å². The Morgan fingerprint density at radius 2 is 2.12 bits per heavy atom. The van der Waals surface area contributed by atoms with Gasteiger partial charge in [0.05, 0.1) is 11.8 Å². The van der Waals surface area contributed by atoms with Crippen LogP contribution in [0.1, 0.15) is 37.4 Å². The van der Waals surface area contributed by atoms with Gasteiger partial charge in [-0.1, -0.05) is 30.4 Å². The molecule has 1 aromatic carbocycles. The highest BCUT2D eigenvalue weighted by Crippen LogP contribution is 2.23. The van der Waals surface area contributed by atoms with E-state index in [9.17, 15) is 9.50 Å². The second-order valence-electron chi connectivity index (χ2n) is 5.96. The fourth-order valence-corrected chi connectivity index (χ4v) is 2.48. The number of pyridine rings is 1. The lowest BCUT2D eigenvalue weighted by molar-refractivity contribution is 0.182. The molecule has 0 aliphatic carbocycles. The van der Waals surface area contributed by atoms with Crippen LogP contribution in [0.2, 0.25) is 0 Å². The van der Waals surface area contributed by atoms with Crippen LogP contribution in [0, 0.1) is 5.82 Å². The van der Waals surface area contributed by atoms with E-state index < -0.39 is 0 Å². The van der Waals surface area contributed by atoms with Crippen LogP contribution < -0.4 is 0 Å². The zero-order chi connectivity index (χ0) is 17.4. The first-order chi connectivity index (χ1) is 11.6. The van der Waals surface area contributed by atoms with Gasteiger partial charge in [0.15, 0.2) is 0 Å². The fraction of sp³-hybridized carbons (Fsp3) is 0.286. The van der Waals surface area contributed by atoms with Gasteiger partial charge in [0.2, 0.25) is 0 Å². The van der Waals surface area contributed by atoms with Gasteiger partial charge in [-0.25, -0.2) is 4.39 Å². The molecule has 2 nitrogen and oxygen atoms in total. The van der Waals surface area contributed by atoms with Crippen LogP contribution in [0.4, 0.5) is 4.39 Å². The molecule has 0 fully saturated rings. The van der Waals surface area contributed by atoms with E-state index in [2.05, 4.69) is 17.6 Å². The predicted octanol–water partition coefficient (Wildman–Crippen LogP) is 5.18. The number of hydrogen-bond acceptors (Lipinski definition) is 2. The van der Waals surface area contributed by atoms with Crippen LogP contribution in [-0.4, -0.2) is 16.2 Å². The van der Waals surface area contributed by atoms with E-state index in [1.807, 2.05) is 24.3 Å². The summed E-state index contributed by atoms with van der Waals surface area (Å²) in [7, 11) is 0. The van der Waals surface area contributed by atoms with Crippen molar-refractivity contribution in [2.45, 2.75) is 38.7 Å². The van der Waals surface area contributed by atoms with Gasteiger partial charge in [-0.3, -0.25) is 4.98 Å². The van der Waals surface area contributed by atoms with Crippen molar-refractivity contribution in [1.29, 1.82) is 0 Å². The SMILES string of the molecule is C=CCc1ccc(-c2ccc(/C=C/CCCC(C)O)nc2)c(F)c1. The largest absolute Gasteiger partial charge is 0.393 e. The molecular formula is C21H24FNO. The predicted molar refractivity (Wildman–Crippen MR) is 98.1 cm³/mol. The number of hydrogen-bond donors (Lipinski definition) is 1. The molecule has 2 aromatic rings. The first-order valence-electron chi connectivity index (χ1n) is 8.30. The molecule has 0 saturated heterocycles. The number of benzene rings is 1. The van der Waals surface area contributed by atoms with Crippen LogP contribution in [0.3, 0.4) is 0 Å². The van der Waals surface area contributed by atoms with Gasteiger partial charge >= 0.3 is 0 Å². The number of aliphatic hydroxyl groups excluding tert-OH is 1. The summed E-state index contributed by atoms with van der Waals surface area (Å²) >= 11 is 0. The zero-order valence-corrected chi connectivity index (χ0v) is 14.1. The van der Waals surface area contributed by atoms with Crippen molar-refractivity contribution in [3.63, 3.8) is 0 Å². The lowest BCUT2D eigenvalue weighted by Gasteiger charge is -2.06. The number of halogens is 1. The fourth-order valence-electron chi connectivity index (χ4n) is 2.48. The average molecular weight is 325 g/mol. The Hall–Kier alpha value is -2.26. The molecule has 0 saturated carbocycles. The smallest absolute Gasteiger partial charge is 0.131 e. The molecule has 24 heavy (non-hydrogen) atoms. The molecule has 0 radical (unpaired) electrons. The maximum Gasteiger partial charge on any atom is 0.131 e. The van der Waals surface area contributed by atoms with E-state index in [1.165, 1.54) is 0 Å². The number of unbranched alkanes of at least 4 members (excludes halogenated alkanes) is 1. The molecule has 0 amide bonds. The van der Waals surface area contributed by atoms with Crippen molar-refractivity contribution in [2.24, 2.45) is 0 Å². The van der Waals surface area contributed by atoms with E-state index in [4.69, 9.17) is 0 Å². The van der Waals surface area contributed by atoms with Crippen LogP contribution in [0.25, 0.3) is 17.2 Å². The summed E-state index contributed by atoms with van der Waals surface area (Å²) in [5.41, 5.74) is 3.09. The van der Waals surface area contributed by atoms with Gasteiger partial charge in [-0.2, -0.15) is 0 Å². The summed E-state index contributed by atoms with van der Waals surface area (Å²) in [6.07, 6.45) is 10.5. The number of allylic oxidation sites excluding steroid dienone is 2. The normalized spacial score (nSPS) is 12.5. The summed E-state index contributed by atoms with van der Waals surface area (Å²) in [5, 5.41) is 9.20. The van der Waals surface area contributed by atoms with Crippen molar-refractivity contribution in [3.8, 4) is 11.1 Å². The Balaban J connectivity index is 2.01. The second kappa shape index (κ2) is 9.14.